The lowest BCUT2D eigenvalue weighted by Gasteiger charge is -2.18. The first-order chi connectivity index (χ1) is 10.1. The van der Waals surface area contributed by atoms with E-state index in [1.165, 1.54) is 6.07 Å². The van der Waals surface area contributed by atoms with Crippen LogP contribution in [0.3, 0.4) is 0 Å². The molecule has 3 N–H and O–H groups in total. The Kier molecular flexibility index (Phi) is 5.56. The molecule has 0 aliphatic heterocycles. The highest BCUT2D eigenvalue weighted by Gasteiger charge is 2.24. The van der Waals surface area contributed by atoms with Crippen LogP contribution in [0, 0.1) is 11.7 Å². The summed E-state index contributed by atoms with van der Waals surface area (Å²) in [6.45, 7) is 2.75. The van der Waals surface area contributed by atoms with Gasteiger partial charge in [0, 0.05) is 13.2 Å². The van der Waals surface area contributed by atoms with E-state index in [2.05, 4.69) is 10.6 Å². The molecule has 1 aromatic carbocycles. The van der Waals surface area contributed by atoms with Crippen molar-refractivity contribution in [2.24, 2.45) is 5.92 Å². The van der Waals surface area contributed by atoms with Gasteiger partial charge in [0.05, 0.1) is 6.04 Å². The summed E-state index contributed by atoms with van der Waals surface area (Å²) in [6.07, 6.45) is 3.22. The minimum Gasteiger partial charge on any atom is -0.396 e. The van der Waals surface area contributed by atoms with Crippen molar-refractivity contribution in [3.63, 3.8) is 0 Å². The molecule has 2 rings (SSSR count). The third-order valence-corrected chi connectivity index (χ3v) is 4.15. The van der Waals surface area contributed by atoms with Crippen LogP contribution in [0.2, 0.25) is 0 Å². The smallest absolute Gasteiger partial charge is 0.315 e. The summed E-state index contributed by atoms with van der Waals surface area (Å²) in [5.74, 6) is 0.0688. The molecule has 2 amide bonds. The summed E-state index contributed by atoms with van der Waals surface area (Å²) in [5.41, 5.74) is 1.99. The van der Waals surface area contributed by atoms with E-state index < -0.39 is 0 Å². The molecular weight excluding hydrogens is 271 g/mol. The number of aryl methyl sites for hydroxylation is 1. The summed E-state index contributed by atoms with van der Waals surface area (Å²) in [5, 5.41) is 14.7. The zero-order valence-electron chi connectivity index (χ0n) is 12.4. The number of benzene rings is 1. The first-order valence-electron chi connectivity index (χ1n) is 7.57. The highest BCUT2D eigenvalue weighted by Crippen LogP contribution is 2.31. The second-order valence-corrected chi connectivity index (χ2v) is 5.58. The van der Waals surface area contributed by atoms with Crippen molar-refractivity contribution < 1.29 is 14.3 Å². The van der Waals surface area contributed by atoms with E-state index in [4.69, 9.17) is 5.11 Å². The molecule has 2 unspecified atom stereocenters. The van der Waals surface area contributed by atoms with Gasteiger partial charge in [-0.1, -0.05) is 19.4 Å². The first-order valence-corrected chi connectivity index (χ1v) is 7.57. The fraction of sp³-hybridized carbons (Fsp3) is 0.562. The zero-order chi connectivity index (χ0) is 15.2. The Labute approximate surface area is 124 Å². The van der Waals surface area contributed by atoms with Gasteiger partial charge in [-0.2, -0.15) is 0 Å². The SMILES string of the molecule is CCC(CCO)CNC(=O)NC1CCc2cc(F)ccc21. The Morgan fingerprint density at radius 1 is 1.52 bits per heavy atom. The molecule has 1 aliphatic rings. The van der Waals surface area contributed by atoms with E-state index >= 15 is 0 Å². The zero-order valence-corrected chi connectivity index (χ0v) is 12.4. The van der Waals surface area contributed by atoms with Crippen LogP contribution in [0.5, 0.6) is 0 Å². The van der Waals surface area contributed by atoms with Crippen LogP contribution < -0.4 is 10.6 Å². The molecule has 0 aromatic heterocycles. The van der Waals surface area contributed by atoms with E-state index in [0.29, 0.717) is 18.9 Å². The number of hydrogen-bond acceptors (Lipinski definition) is 2. The van der Waals surface area contributed by atoms with Gasteiger partial charge in [0.1, 0.15) is 5.82 Å². The predicted molar refractivity (Wildman–Crippen MR) is 79.5 cm³/mol. The summed E-state index contributed by atoms with van der Waals surface area (Å²) < 4.78 is 13.2. The number of urea groups is 1. The standard InChI is InChI=1S/C16H23FN2O2/c1-2-11(7-8-20)10-18-16(21)19-15-6-3-12-9-13(17)4-5-14(12)15/h4-5,9,11,15,20H,2-3,6-8,10H2,1H3,(H2,18,19,21). The minimum atomic E-state index is -0.228. The van der Waals surface area contributed by atoms with Crippen LogP contribution in [0.25, 0.3) is 0 Å². The van der Waals surface area contributed by atoms with Gasteiger partial charge in [0.25, 0.3) is 0 Å². The minimum absolute atomic E-state index is 0.0430. The number of halogens is 1. The molecule has 0 fully saturated rings. The van der Waals surface area contributed by atoms with Crippen molar-refractivity contribution in [2.75, 3.05) is 13.2 Å². The number of amides is 2. The van der Waals surface area contributed by atoms with Crippen LogP contribution in [0.4, 0.5) is 9.18 Å². The Hall–Kier alpha value is -1.62. The Morgan fingerprint density at radius 2 is 2.33 bits per heavy atom. The number of carbonyl (C=O) groups excluding carboxylic acids is 1. The van der Waals surface area contributed by atoms with E-state index in [-0.39, 0.29) is 24.5 Å². The Bertz CT molecular complexity index is 493. The molecule has 0 saturated carbocycles. The lowest BCUT2D eigenvalue weighted by Crippen LogP contribution is -2.39. The highest BCUT2D eigenvalue weighted by molar-refractivity contribution is 5.74. The van der Waals surface area contributed by atoms with Crippen molar-refractivity contribution in [2.45, 2.75) is 38.6 Å². The summed E-state index contributed by atoms with van der Waals surface area (Å²) in [6, 6.07) is 4.49. The molecule has 2 atom stereocenters. The van der Waals surface area contributed by atoms with Crippen LogP contribution >= 0.6 is 0 Å². The number of carbonyl (C=O) groups is 1. The number of rotatable bonds is 6. The fourth-order valence-electron chi connectivity index (χ4n) is 2.82. The third kappa shape index (κ3) is 4.17. The summed E-state index contributed by atoms with van der Waals surface area (Å²) in [7, 11) is 0. The van der Waals surface area contributed by atoms with E-state index in [1.54, 1.807) is 12.1 Å². The van der Waals surface area contributed by atoms with Crippen molar-refractivity contribution in [3.8, 4) is 0 Å². The average molecular weight is 294 g/mol. The van der Waals surface area contributed by atoms with Gasteiger partial charge in [-0.05, 0) is 48.4 Å². The third-order valence-electron chi connectivity index (χ3n) is 4.15. The molecular formula is C16H23FN2O2. The normalized spacial score (nSPS) is 18.1. The molecule has 0 saturated heterocycles. The fourth-order valence-corrected chi connectivity index (χ4v) is 2.82. The molecule has 4 nitrogen and oxygen atoms in total. The van der Waals surface area contributed by atoms with Gasteiger partial charge in [-0.15, -0.1) is 0 Å². The molecule has 21 heavy (non-hydrogen) atoms. The lowest BCUT2D eigenvalue weighted by atomic mass is 10.0. The maximum atomic E-state index is 13.2. The van der Waals surface area contributed by atoms with Gasteiger partial charge in [0.2, 0.25) is 0 Å². The number of aliphatic hydroxyl groups is 1. The van der Waals surface area contributed by atoms with Gasteiger partial charge >= 0.3 is 6.03 Å². The molecule has 0 radical (unpaired) electrons. The van der Waals surface area contributed by atoms with Crippen molar-refractivity contribution in [3.05, 3.63) is 35.1 Å². The van der Waals surface area contributed by atoms with E-state index in [9.17, 15) is 9.18 Å². The molecule has 1 aliphatic carbocycles. The molecule has 0 heterocycles. The molecule has 1 aromatic rings. The van der Waals surface area contributed by atoms with Gasteiger partial charge in [-0.3, -0.25) is 0 Å². The number of fused-ring (bicyclic) bond motifs is 1. The van der Waals surface area contributed by atoms with E-state index in [0.717, 1.165) is 30.4 Å². The van der Waals surface area contributed by atoms with Crippen LogP contribution in [0.15, 0.2) is 18.2 Å². The van der Waals surface area contributed by atoms with Crippen LogP contribution in [-0.4, -0.2) is 24.3 Å². The van der Waals surface area contributed by atoms with Crippen molar-refractivity contribution in [1.29, 1.82) is 0 Å². The number of hydrogen-bond donors (Lipinski definition) is 3. The topological polar surface area (TPSA) is 61.4 Å². The molecule has 0 spiro atoms. The molecule has 5 heteroatoms. The predicted octanol–water partition coefficient (Wildman–Crippen LogP) is 2.52. The molecule has 116 valence electrons. The second-order valence-electron chi connectivity index (χ2n) is 5.58. The summed E-state index contributed by atoms with van der Waals surface area (Å²) >= 11 is 0. The lowest BCUT2D eigenvalue weighted by molar-refractivity contribution is 0.227. The van der Waals surface area contributed by atoms with Crippen molar-refractivity contribution in [1.82, 2.24) is 10.6 Å². The van der Waals surface area contributed by atoms with Gasteiger partial charge < -0.3 is 15.7 Å². The Morgan fingerprint density at radius 3 is 3.05 bits per heavy atom. The van der Waals surface area contributed by atoms with E-state index in [1.807, 2.05) is 6.92 Å². The highest BCUT2D eigenvalue weighted by atomic mass is 19.1. The average Bonchev–Trinajstić information content (AvgIpc) is 2.85. The monoisotopic (exact) mass is 294 g/mol. The maximum Gasteiger partial charge on any atom is 0.315 e. The first kappa shape index (κ1) is 15.8. The van der Waals surface area contributed by atoms with Crippen LogP contribution in [-0.2, 0) is 6.42 Å². The maximum absolute atomic E-state index is 13.2. The van der Waals surface area contributed by atoms with Gasteiger partial charge in [0.15, 0.2) is 0 Å². The van der Waals surface area contributed by atoms with Crippen molar-refractivity contribution >= 4 is 6.03 Å². The second kappa shape index (κ2) is 7.41. The quantitative estimate of drug-likeness (QED) is 0.755. The van der Waals surface area contributed by atoms with Crippen LogP contribution in [0.1, 0.15) is 43.4 Å². The summed E-state index contributed by atoms with van der Waals surface area (Å²) in [4.78, 5) is 11.9. The number of nitrogens with one attached hydrogen (secondary N) is 2. The molecule has 0 bridgehead atoms. The number of aliphatic hydroxyl groups excluding tert-OH is 1. The largest absolute Gasteiger partial charge is 0.396 e. The van der Waals surface area contributed by atoms with Gasteiger partial charge in [-0.25, -0.2) is 9.18 Å². The Balaban J connectivity index is 1.85.